The predicted molar refractivity (Wildman–Crippen MR) is 37.5 cm³/mol. The Labute approximate surface area is 58.2 Å². The SMILES string of the molecule is C[C@@H](O)Cc1cscn1. The number of aliphatic hydroxyl groups excluding tert-OH is 1. The molecule has 2 nitrogen and oxygen atoms in total. The number of hydrogen-bond donors (Lipinski definition) is 1. The monoisotopic (exact) mass is 143 g/mol. The summed E-state index contributed by atoms with van der Waals surface area (Å²) in [4.78, 5) is 4.01. The van der Waals surface area contributed by atoms with Crippen LogP contribution in [0.3, 0.4) is 0 Å². The van der Waals surface area contributed by atoms with Gasteiger partial charge in [-0.25, -0.2) is 4.98 Å². The van der Waals surface area contributed by atoms with Crippen LogP contribution in [-0.4, -0.2) is 16.2 Å². The third kappa shape index (κ3) is 2.11. The van der Waals surface area contributed by atoms with Gasteiger partial charge in [0.05, 0.1) is 17.3 Å². The van der Waals surface area contributed by atoms with Crippen LogP contribution in [0, 0.1) is 0 Å². The Morgan fingerprint density at radius 1 is 1.89 bits per heavy atom. The first-order chi connectivity index (χ1) is 4.29. The van der Waals surface area contributed by atoms with Gasteiger partial charge in [-0.2, -0.15) is 0 Å². The van der Waals surface area contributed by atoms with Gasteiger partial charge in [-0.1, -0.05) is 0 Å². The lowest BCUT2D eigenvalue weighted by atomic mass is 10.2. The lowest BCUT2D eigenvalue weighted by molar-refractivity contribution is 0.194. The van der Waals surface area contributed by atoms with E-state index in [-0.39, 0.29) is 6.10 Å². The molecule has 50 valence electrons. The second kappa shape index (κ2) is 2.94. The Hall–Kier alpha value is -0.410. The summed E-state index contributed by atoms with van der Waals surface area (Å²) >= 11 is 1.56. The van der Waals surface area contributed by atoms with E-state index < -0.39 is 0 Å². The first kappa shape index (κ1) is 6.71. The lowest BCUT2D eigenvalue weighted by Gasteiger charge is -1.97. The second-order valence-electron chi connectivity index (χ2n) is 2.03. The van der Waals surface area contributed by atoms with Gasteiger partial charge in [-0.05, 0) is 6.92 Å². The molecule has 3 heteroatoms. The molecule has 0 aliphatic heterocycles. The summed E-state index contributed by atoms with van der Waals surface area (Å²) in [5.74, 6) is 0. The molecule has 1 rings (SSSR count). The Balaban J connectivity index is 2.48. The minimum Gasteiger partial charge on any atom is -0.393 e. The molecule has 1 atom stereocenters. The Morgan fingerprint density at radius 3 is 3.11 bits per heavy atom. The van der Waals surface area contributed by atoms with Gasteiger partial charge in [0.1, 0.15) is 0 Å². The van der Waals surface area contributed by atoms with E-state index >= 15 is 0 Å². The molecule has 0 saturated carbocycles. The van der Waals surface area contributed by atoms with Gasteiger partial charge in [0.15, 0.2) is 0 Å². The molecule has 0 aliphatic carbocycles. The lowest BCUT2D eigenvalue weighted by Crippen LogP contribution is -2.03. The summed E-state index contributed by atoms with van der Waals surface area (Å²) in [7, 11) is 0. The number of rotatable bonds is 2. The average Bonchev–Trinajstić information content (AvgIpc) is 2.15. The van der Waals surface area contributed by atoms with Crippen LogP contribution in [0.25, 0.3) is 0 Å². The molecule has 9 heavy (non-hydrogen) atoms. The van der Waals surface area contributed by atoms with Crippen molar-refractivity contribution in [3.8, 4) is 0 Å². The molecule has 0 fully saturated rings. The first-order valence-corrected chi connectivity index (χ1v) is 3.78. The largest absolute Gasteiger partial charge is 0.393 e. The maximum absolute atomic E-state index is 8.89. The van der Waals surface area contributed by atoms with Crippen LogP contribution in [0.2, 0.25) is 0 Å². The standard InChI is InChI=1S/C6H9NOS/c1-5(8)2-6-3-9-4-7-6/h3-5,8H,2H2,1H3/t5-/m1/s1. The van der Waals surface area contributed by atoms with E-state index in [0.29, 0.717) is 6.42 Å². The third-order valence-electron chi connectivity index (χ3n) is 0.988. The molecule has 0 unspecified atom stereocenters. The van der Waals surface area contributed by atoms with Crippen molar-refractivity contribution >= 4 is 11.3 Å². The zero-order valence-electron chi connectivity index (χ0n) is 5.24. The summed E-state index contributed by atoms with van der Waals surface area (Å²) in [5, 5.41) is 10.8. The van der Waals surface area contributed by atoms with Crippen LogP contribution in [0.4, 0.5) is 0 Å². The zero-order chi connectivity index (χ0) is 6.69. The van der Waals surface area contributed by atoms with Gasteiger partial charge in [-0.3, -0.25) is 0 Å². The van der Waals surface area contributed by atoms with Gasteiger partial charge >= 0.3 is 0 Å². The van der Waals surface area contributed by atoms with E-state index in [1.54, 1.807) is 23.8 Å². The number of hydrogen-bond acceptors (Lipinski definition) is 3. The zero-order valence-corrected chi connectivity index (χ0v) is 6.06. The summed E-state index contributed by atoms with van der Waals surface area (Å²) in [6.45, 7) is 1.76. The van der Waals surface area contributed by atoms with Gasteiger partial charge in [-0.15, -0.1) is 11.3 Å². The molecule has 1 aromatic heterocycles. The highest BCUT2D eigenvalue weighted by Crippen LogP contribution is 2.03. The Morgan fingerprint density at radius 2 is 2.67 bits per heavy atom. The van der Waals surface area contributed by atoms with Crippen molar-refractivity contribution in [3.63, 3.8) is 0 Å². The fourth-order valence-corrected chi connectivity index (χ4v) is 1.21. The number of thiazole rings is 1. The second-order valence-corrected chi connectivity index (χ2v) is 2.75. The number of aromatic nitrogens is 1. The van der Waals surface area contributed by atoms with E-state index in [9.17, 15) is 0 Å². The van der Waals surface area contributed by atoms with Crippen LogP contribution in [0.1, 0.15) is 12.6 Å². The molecule has 1 N–H and O–H groups in total. The van der Waals surface area contributed by atoms with Crippen LogP contribution in [0.15, 0.2) is 10.9 Å². The van der Waals surface area contributed by atoms with Crippen molar-refractivity contribution in [1.82, 2.24) is 4.98 Å². The number of aliphatic hydroxyl groups is 1. The van der Waals surface area contributed by atoms with Crippen molar-refractivity contribution in [2.75, 3.05) is 0 Å². The van der Waals surface area contributed by atoms with E-state index in [1.165, 1.54) is 0 Å². The molecule has 0 aromatic carbocycles. The van der Waals surface area contributed by atoms with Crippen molar-refractivity contribution in [2.24, 2.45) is 0 Å². The van der Waals surface area contributed by atoms with Crippen LogP contribution >= 0.6 is 11.3 Å². The van der Waals surface area contributed by atoms with Crippen LogP contribution in [0.5, 0.6) is 0 Å². The van der Waals surface area contributed by atoms with Crippen LogP contribution < -0.4 is 0 Å². The smallest absolute Gasteiger partial charge is 0.0794 e. The van der Waals surface area contributed by atoms with E-state index in [2.05, 4.69) is 4.98 Å². The van der Waals surface area contributed by atoms with E-state index in [4.69, 9.17) is 5.11 Å². The molecule has 1 aromatic rings. The highest BCUT2D eigenvalue weighted by molar-refractivity contribution is 7.07. The highest BCUT2D eigenvalue weighted by atomic mass is 32.1. The van der Waals surface area contributed by atoms with Crippen LogP contribution in [-0.2, 0) is 6.42 Å². The molecule has 0 spiro atoms. The van der Waals surface area contributed by atoms with Crippen molar-refractivity contribution in [3.05, 3.63) is 16.6 Å². The normalized spacial score (nSPS) is 13.6. The average molecular weight is 143 g/mol. The van der Waals surface area contributed by atoms with Gasteiger partial charge in [0, 0.05) is 11.8 Å². The minimum atomic E-state index is -0.271. The molecule has 1 heterocycles. The van der Waals surface area contributed by atoms with Gasteiger partial charge < -0.3 is 5.11 Å². The maximum atomic E-state index is 8.89. The highest BCUT2D eigenvalue weighted by Gasteiger charge is 1.98. The summed E-state index contributed by atoms with van der Waals surface area (Å²) in [6, 6.07) is 0. The van der Waals surface area contributed by atoms with Crippen molar-refractivity contribution in [2.45, 2.75) is 19.4 Å². The Bertz CT molecular complexity index is 160. The first-order valence-electron chi connectivity index (χ1n) is 2.84. The molecule has 0 saturated heterocycles. The summed E-state index contributed by atoms with van der Waals surface area (Å²) in [5.41, 5.74) is 2.76. The van der Waals surface area contributed by atoms with Crippen molar-refractivity contribution in [1.29, 1.82) is 0 Å². The Kier molecular flexibility index (Phi) is 2.19. The summed E-state index contributed by atoms with van der Waals surface area (Å²) < 4.78 is 0. The maximum Gasteiger partial charge on any atom is 0.0794 e. The predicted octanol–water partition coefficient (Wildman–Crippen LogP) is 1.07. The van der Waals surface area contributed by atoms with Crippen molar-refractivity contribution < 1.29 is 5.11 Å². The molecule has 0 bridgehead atoms. The third-order valence-corrected chi connectivity index (χ3v) is 1.62. The fraction of sp³-hybridized carbons (Fsp3) is 0.500. The topological polar surface area (TPSA) is 33.1 Å². The molecular weight excluding hydrogens is 134 g/mol. The fourth-order valence-electron chi connectivity index (χ4n) is 0.641. The quantitative estimate of drug-likeness (QED) is 0.671. The molecule has 0 amide bonds. The van der Waals surface area contributed by atoms with Gasteiger partial charge in [0.25, 0.3) is 0 Å². The van der Waals surface area contributed by atoms with E-state index in [1.807, 2.05) is 5.38 Å². The molecule has 0 radical (unpaired) electrons. The number of nitrogens with zero attached hydrogens (tertiary/aromatic N) is 1. The minimum absolute atomic E-state index is 0.271. The van der Waals surface area contributed by atoms with Gasteiger partial charge in [0.2, 0.25) is 0 Å². The van der Waals surface area contributed by atoms with E-state index in [0.717, 1.165) is 5.69 Å². The molecular formula is C6H9NOS. The molecule has 0 aliphatic rings. The summed E-state index contributed by atoms with van der Waals surface area (Å²) in [6.07, 6.45) is 0.399.